The molecule has 0 atom stereocenters. The van der Waals surface area contributed by atoms with Crippen molar-refractivity contribution in [1.82, 2.24) is 5.32 Å². The van der Waals surface area contributed by atoms with Crippen molar-refractivity contribution in [3.63, 3.8) is 0 Å². The third kappa shape index (κ3) is 2.66. The lowest BCUT2D eigenvalue weighted by Gasteiger charge is -2.02. The summed E-state index contributed by atoms with van der Waals surface area (Å²) in [5, 5.41) is 10.8. The fraction of sp³-hybridized carbons (Fsp3) is 0.0769. The van der Waals surface area contributed by atoms with Gasteiger partial charge in [0.2, 0.25) is 5.91 Å². The first-order chi connectivity index (χ1) is 9.11. The highest BCUT2D eigenvalue weighted by atomic mass is 16.4. The van der Waals surface area contributed by atoms with Gasteiger partial charge in [-0.1, -0.05) is 18.2 Å². The highest BCUT2D eigenvalue weighted by Gasteiger charge is 2.15. The van der Waals surface area contributed by atoms with E-state index >= 15 is 0 Å². The van der Waals surface area contributed by atoms with Crippen LogP contribution in [0.25, 0.3) is 11.0 Å². The van der Waals surface area contributed by atoms with Gasteiger partial charge in [0.1, 0.15) is 17.6 Å². The van der Waals surface area contributed by atoms with Crippen LogP contribution >= 0.6 is 0 Å². The number of rotatable bonds is 2. The predicted molar refractivity (Wildman–Crippen MR) is 65.2 cm³/mol. The maximum atomic E-state index is 11.7. The molecule has 0 aliphatic rings. The molecule has 1 aromatic carbocycles. The average molecular weight is 256 g/mol. The summed E-state index contributed by atoms with van der Waals surface area (Å²) in [6.45, 7) is 0. The summed E-state index contributed by atoms with van der Waals surface area (Å²) < 4.78 is 4.96. The number of nitriles is 1. The minimum atomic E-state index is -0.875. The van der Waals surface area contributed by atoms with Crippen molar-refractivity contribution in [2.24, 2.45) is 0 Å². The molecule has 0 aliphatic heterocycles. The Bertz CT molecular complexity index is 755. The topological polar surface area (TPSA) is 100 Å². The van der Waals surface area contributed by atoms with E-state index in [4.69, 9.17) is 9.68 Å². The van der Waals surface area contributed by atoms with Gasteiger partial charge < -0.3 is 4.42 Å². The van der Waals surface area contributed by atoms with Crippen LogP contribution in [0.15, 0.2) is 39.5 Å². The SMILES string of the molecule is N#CCC(=O)NC(=O)c1cc2ccccc2oc1=O. The monoisotopic (exact) mass is 256 g/mol. The maximum absolute atomic E-state index is 11.7. The second kappa shape index (κ2) is 5.14. The number of amides is 2. The fourth-order valence-electron chi connectivity index (χ4n) is 1.53. The number of para-hydroxylation sites is 1. The molecule has 0 aliphatic carbocycles. The largest absolute Gasteiger partial charge is 0.422 e. The lowest BCUT2D eigenvalue weighted by Crippen LogP contribution is -2.33. The molecule has 1 heterocycles. The van der Waals surface area contributed by atoms with Gasteiger partial charge in [0.25, 0.3) is 5.91 Å². The van der Waals surface area contributed by atoms with E-state index in [-0.39, 0.29) is 5.56 Å². The molecule has 0 fully saturated rings. The minimum absolute atomic E-state index is 0.273. The molecule has 2 rings (SSSR count). The molecule has 0 spiro atoms. The Morgan fingerprint density at radius 2 is 2.05 bits per heavy atom. The number of nitrogens with one attached hydrogen (secondary N) is 1. The Hall–Kier alpha value is -2.94. The van der Waals surface area contributed by atoms with Gasteiger partial charge in [0.15, 0.2) is 0 Å². The standard InChI is InChI=1S/C13H8N2O4/c14-6-5-11(16)15-12(17)9-7-8-3-1-2-4-10(8)19-13(9)18/h1-4,7H,5H2,(H,15,16,17). The van der Waals surface area contributed by atoms with Crippen LogP contribution in [0.4, 0.5) is 0 Å². The Morgan fingerprint density at radius 3 is 2.79 bits per heavy atom. The predicted octanol–water partition coefficient (Wildman–Crippen LogP) is 0.963. The molecule has 2 amide bonds. The number of fused-ring (bicyclic) bond motifs is 1. The second-order valence-corrected chi connectivity index (χ2v) is 3.70. The van der Waals surface area contributed by atoms with Gasteiger partial charge >= 0.3 is 5.63 Å². The average Bonchev–Trinajstić information content (AvgIpc) is 2.38. The third-order valence-electron chi connectivity index (χ3n) is 2.38. The zero-order valence-corrected chi connectivity index (χ0v) is 9.67. The van der Waals surface area contributed by atoms with E-state index in [0.717, 1.165) is 0 Å². The zero-order chi connectivity index (χ0) is 13.8. The number of hydrogen-bond donors (Lipinski definition) is 1. The lowest BCUT2D eigenvalue weighted by molar-refractivity contribution is -0.119. The molecule has 0 radical (unpaired) electrons. The number of carbonyl (C=O) groups is 2. The van der Waals surface area contributed by atoms with E-state index in [1.807, 2.05) is 5.32 Å². The fourth-order valence-corrected chi connectivity index (χ4v) is 1.53. The summed E-state index contributed by atoms with van der Waals surface area (Å²) in [6, 6.07) is 9.64. The van der Waals surface area contributed by atoms with E-state index in [1.54, 1.807) is 30.3 Å². The summed E-state index contributed by atoms with van der Waals surface area (Å²) in [5.74, 6) is -1.64. The van der Waals surface area contributed by atoms with Crippen LogP contribution in [-0.2, 0) is 4.79 Å². The van der Waals surface area contributed by atoms with Crippen molar-refractivity contribution < 1.29 is 14.0 Å². The van der Waals surface area contributed by atoms with E-state index in [2.05, 4.69) is 0 Å². The van der Waals surface area contributed by atoms with E-state index in [0.29, 0.717) is 11.0 Å². The van der Waals surface area contributed by atoms with Crippen LogP contribution in [0.5, 0.6) is 0 Å². The van der Waals surface area contributed by atoms with E-state index in [9.17, 15) is 14.4 Å². The van der Waals surface area contributed by atoms with Crippen molar-refractivity contribution in [1.29, 1.82) is 5.26 Å². The second-order valence-electron chi connectivity index (χ2n) is 3.70. The number of carbonyl (C=O) groups excluding carboxylic acids is 2. The van der Waals surface area contributed by atoms with Gasteiger partial charge in [-0.05, 0) is 12.1 Å². The first-order valence-electron chi connectivity index (χ1n) is 5.36. The molecule has 0 bridgehead atoms. The maximum Gasteiger partial charge on any atom is 0.349 e. The Labute approximate surface area is 107 Å². The molecular weight excluding hydrogens is 248 g/mol. The summed E-state index contributed by atoms with van der Waals surface area (Å²) in [5.41, 5.74) is -0.752. The molecule has 0 unspecified atom stereocenters. The zero-order valence-electron chi connectivity index (χ0n) is 9.67. The van der Waals surface area contributed by atoms with Crippen molar-refractivity contribution in [2.75, 3.05) is 0 Å². The summed E-state index contributed by atoms with van der Waals surface area (Å²) in [4.78, 5) is 34.4. The molecule has 1 aromatic heterocycles. The normalized spacial score (nSPS) is 9.84. The van der Waals surface area contributed by atoms with E-state index < -0.39 is 23.9 Å². The van der Waals surface area contributed by atoms with Crippen molar-refractivity contribution in [2.45, 2.75) is 6.42 Å². The number of nitrogens with zero attached hydrogens (tertiary/aromatic N) is 1. The van der Waals surface area contributed by atoms with E-state index in [1.165, 1.54) is 6.07 Å². The molecule has 1 N–H and O–H groups in total. The first kappa shape index (κ1) is 12.5. The van der Waals surface area contributed by atoms with Crippen molar-refractivity contribution in [3.8, 4) is 6.07 Å². The van der Waals surface area contributed by atoms with Crippen LogP contribution in [0.1, 0.15) is 16.8 Å². The molecule has 6 nitrogen and oxygen atoms in total. The number of benzene rings is 1. The Kier molecular flexibility index (Phi) is 3.39. The Balaban J connectivity index is 2.37. The summed E-state index contributed by atoms with van der Waals surface area (Å²) in [7, 11) is 0. The van der Waals surface area contributed by atoms with Crippen LogP contribution < -0.4 is 10.9 Å². The molecular formula is C13H8N2O4. The quantitative estimate of drug-likeness (QED) is 0.806. The Morgan fingerprint density at radius 1 is 1.32 bits per heavy atom. The summed E-state index contributed by atoms with van der Waals surface area (Å²) in [6.07, 6.45) is -0.454. The lowest BCUT2D eigenvalue weighted by atomic mass is 10.2. The third-order valence-corrected chi connectivity index (χ3v) is 2.38. The van der Waals surface area contributed by atoms with Crippen LogP contribution in [0, 0.1) is 11.3 Å². The number of imide groups is 1. The minimum Gasteiger partial charge on any atom is -0.422 e. The van der Waals surface area contributed by atoms with Crippen LogP contribution in [0.3, 0.4) is 0 Å². The molecule has 0 saturated carbocycles. The smallest absolute Gasteiger partial charge is 0.349 e. The van der Waals surface area contributed by atoms with Gasteiger partial charge in [-0.25, -0.2) is 4.79 Å². The molecule has 0 saturated heterocycles. The van der Waals surface area contributed by atoms with Crippen molar-refractivity contribution in [3.05, 3.63) is 46.3 Å². The highest BCUT2D eigenvalue weighted by molar-refractivity contribution is 6.05. The first-order valence-corrected chi connectivity index (χ1v) is 5.36. The van der Waals surface area contributed by atoms with Crippen LogP contribution in [0.2, 0.25) is 0 Å². The van der Waals surface area contributed by atoms with Gasteiger partial charge in [-0.3, -0.25) is 14.9 Å². The van der Waals surface area contributed by atoms with Gasteiger partial charge in [0.05, 0.1) is 6.07 Å². The summed E-state index contributed by atoms with van der Waals surface area (Å²) >= 11 is 0. The van der Waals surface area contributed by atoms with Gasteiger partial charge in [-0.15, -0.1) is 0 Å². The molecule has 94 valence electrons. The molecule has 19 heavy (non-hydrogen) atoms. The molecule has 2 aromatic rings. The number of hydrogen-bond acceptors (Lipinski definition) is 5. The van der Waals surface area contributed by atoms with Gasteiger partial charge in [-0.2, -0.15) is 5.26 Å². The van der Waals surface area contributed by atoms with Crippen molar-refractivity contribution >= 4 is 22.8 Å². The molecule has 6 heteroatoms. The van der Waals surface area contributed by atoms with Crippen LogP contribution in [-0.4, -0.2) is 11.8 Å². The van der Waals surface area contributed by atoms with Gasteiger partial charge in [0, 0.05) is 5.39 Å². The highest BCUT2D eigenvalue weighted by Crippen LogP contribution is 2.12.